The summed E-state index contributed by atoms with van der Waals surface area (Å²) >= 11 is 0. The number of hydrogen-bond acceptors (Lipinski definition) is 8. The molecule has 0 bridgehead atoms. The van der Waals surface area contributed by atoms with Gasteiger partial charge in [0.25, 0.3) is 0 Å². The average molecular weight is 350 g/mol. The third-order valence-electron chi connectivity index (χ3n) is 4.56. The number of fused-ring (bicyclic) bond motifs is 2. The summed E-state index contributed by atoms with van der Waals surface area (Å²) in [7, 11) is 1.65. The van der Waals surface area contributed by atoms with Crippen molar-refractivity contribution in [3.05, 3.63) is 18.3 Å². The van der Waals surface area contributed by atoms with E-state index in [1.165, 1.54) is 6.33 Å². The topological polar surface area (TPSA) is 101 Å². The molecule has 0 unspecified atom stereocenters. The minimum Gasteiger partial charge on any atom is -0.394 e. The lowest BCUT2D eigenvalue weighted by Crippen LogP contribution is -2.31. The quantitative estimate of drug-likeness (QED) is 0.828. The Morgan fingerprint density at radius 2 is 2.04 bits per heavy atom. The van der Waals surface area contributed by atoms with Crippen LogP contribution in [0.25, 0.3) is 11.2 Å². The standard InChI is InChI=1S/C16H22N4O5/c1-16(2)24-12-10(6-21)23-15(13(12)25-16)20-8-19-11-9(4-5-22-3)17-7-18-14(11)20/h7-8,10,12-13,15,21H,4-6H2,1-3H3/t10-,12-,13-,15-/m1/s1. The molecule has 2 aromatic heterocycles. The summed E-state index contributed by atoms with van der Waals surface area (Å²) in [6, 6.07) is 0. The molecule has 2 aliphatic rings. The van der Waals surface area contributed by atoms with E-state index in [1.54, 1.807) is 13.4 Å². The Kier molecular flexibility index (Phi) is 4.20. The second-order valence-corrected chi connectivity index (χ2v) is 6.70. The van der Waals surface area contributed by atoms with Gasteiger partial charge in [0.05, 0.1) is 25.2 Å². The minimum absolute atomic E-state index is 0.141. The van der Waals surface area contributed by atoms with E-state index in [0.717, 1.165) is 5.69 Å². The second-order valence-electron chi connectivity index (χ2n) is 6.70. The van der Waals surface area contributed by atoms with Crippen LogP contribution in [0.2, 0.25) is 0 Å². The molecule has 2 fully saturated rings. The van der Waals surface area contributed by atoms with E-state index in [-0.39, 0.29) is 18.8 Å². The van der Waals surface area contributed by atoms with E-state index in [4.69, 9.17) is 18.9 Å². The molecular formula is C16H22N4O5. The first-order chi connectivity index (χ1) is 12.0. The molecule has 136 valence electrons. The molecule has 4 rings (SSSR count). The van der Waals surface area contributed by atoms with E-state index < -0.39 is 18.1 Å². The summed E-state index contributed by atoms with van der Waals surface area (Å²) in [5.41, 5.74) is 2.20. The molecule has 9 heteroatoms. The zero-order valence-electron chi connectivity index (χ0n) is 14.5. The summed E-state index contributed by atoms with van der Waals surface area (Å²) in [6.45, 7) is 4.13. The zero-order chi connectivity index (χ0) is 17.6. The Hall–Kier alpha value is -1.65. The molecule has 4 heterocycles. The first-order valence-electron chi connectivity index (χ1n) is 8.31. The van der Waals surface area contributed by atoms with Crippen LogP contribution in [0.4, 0.5) is 0 Å². The van der Waals surface area contributed by atoms with Crippen LogP contribution in [0, 0.1) is 0 Å². The Labute approximate surface area is 144 Å². The molecule has 9 nitrogen and oxygen atoms in total. The fraction of sp³-hybridized carbons (Fsp3) is 0.688. The fourth-order valence-corrected chi connectivity index (χ4v) is 3.50. The SMILES string of the molecule is COCCc1ncnc2c1ncn2[C@@H]1O[C@H](CO)[C@H]2OC(C)(C)O[C@H]21. The molecule has 0 amide bonds. The Morgan fingerprint density at radius 1 is 1.24 bits per heavy atom. The first kappa shape index (κ1) is 16.8. The Morgan fingerprint density at radius 3 is 2.80 bits per heavy atom. The van der Waals surface area contributed by atoms with Crippen LogP contribution in [-0.2, 0) is 25.4 Å². The largest absolute Gasteiger partial charge is 0.394 e. The minimum atomic E-state index is -0.722. The van der Waals surface area contributed by atoms with Crippen LogP contribution < -0.4 is 0 Å². The molecule has 2 saturated heterocycles. The molecule has 1 N–H and O–H groups in total. The van der Waals surface area contributed by atoms with Crippen molar-refractivity contribution in [3.63, 3.8) is 0 Å². The Bertz CT molecular complexity index is 764. The van der Waals surface area contributed by atoms with Crippen LogP contribution >= 0.6 is 0 Å². The lowest BCUT2D eigenvalue weighted by atomic mass is 10.1. The van der Waals surface area contributed by atoms with Crippen molar-refractivity contribution in [2.24, 2.45) is 0 Å². The van der Waals surface area contributed by atoms with E-state index in [2.05, 4.69) is 15.0 Å². The number of methoxy groups -OCH3 is 1. The molecule has 4 atom stereocenters. The molecule has 0 saturated carbocycles. The molecular weight excluding hydrogens is 328 g/mol. The van der Waals surface area contributed by atoms with Crippen molar-refractivity contribution in [2.45, 2.75) is 50.6 Å². The number of aliphatic hydroxyl groups excluding tert-OH is 1. The van der Waals surface area contributed by atoms with E-state index in [0.29, 0.717) is 24.2 Å². The van der Waals surface area contributed by atoms with Gasteiger partial charge in [-0.2, -0.15) is 0 Å². The van der Waals surface area contributed by atoms with Crippen LogP contribution in [0.1, 0.15) is 25.8 Å². The number of nitrogens with zero attached hydrogens (tertiary/aromatic N) is 4. The van der Waals surface area contributed by atoms with Gasteiger partial charge >= 0.3 is 0 Å². The van der Waals surface area contributed by atoms with Crippen molar-refractivity contribution in [2.75, 3.05) is 20.3 Å². The lowest BCUT2D eigenvalue weighted by Gasteiger charge is -2.24. The van der Waals surface area contributed by atoms with Crippen molar-refractivity contribution in [1.82, 2.24) is 19.5 Å². The molecule has 2 aliphatic heterocycles. The Balaban J connectivity index is 1.70. The highest BCUT2D eigenvalue weighted by Gasteiger charge is 2.55. The van der Waals surface area contributed by atoms with Crippen molar-refractivity contribution >= 4 is 11.2 Å². The third kappa shape index (κ3) is 2.81. The summed E-state index contributed by atoms with van der Waals surface area (Å²) in [6.07, 6.45) is 2.22. The van der Waals surface area contributed by atoms with Crippen molar-refractivity contribution in [1.29, 1.82) is 0 Å². The van der Waals surface area contributed by atoms with Crippen molar-refractivity contribution < 1.29 is 24.1 Å². The summed E-state index contributed by atoms with van der Waals surface area (Å²) in [5.74, 6) is -0.722. The van der Waals surface area contributed by atoms with Gasteiger partial charge in [0.1, 0.15) is 30.2 Å². The van der Waals surface area contributed by atoms with Gasteiger partial charge in [-0.1, -0.05) is 0 Å². The average Bonchev–Trinajstić information content (AvgIpc) is 3.23. The van der Waals surface area contributed by atoms with E-state index in [1.807, 2.05) is 18.4 Å². The van der Waals surface area contributed by atoms with Gasteiger partial charge in [0.15, 0.2) is 17.7 Å². The summed E-state index contributed by atoms with van der Waals surface area (Å²) < 4.78 is 24.9. The lowest BCUT2D eigenvalue weighted by molar-refractivity contribution is -0.199. The zero-order valence-corrected chi connectivity index (χ0v) is 14.5. The highest BCUT2D eigenvalue weighted by molar-refractivity contribution is 5.73. The highest BCUT2D eigenvalue weighted by atomic mass is 16.8. The van der Waals surface area contributed by atoms with Gasteiger partial charge in [0, 0.05) is 13.5 Å². The molecule has 0 radical (unpaired) electrons. The maximum atomic E-state index is 9.63. The van der Waals surface area contributed by atoms with Gasteiger partial charge in [0.2, 0.25) is 0 Å². The fourth-order valence-electron chi connectivity index (χ4n) is 3.50. The van der Waals surface area contributed by atoms with Crippen molar-refractivity contribution in [3.8, 4) is 0 Å². The van der Waals surface area contributed by atoms with Crippen LogP contribution in [0.15, 0.2) is 12.7 Å². The van der Waals surface area contributed by atoms with Crippen LogP contribution in [-0.4, -0.2) is 69.0 Å². The maximum Gasteiger partial charge on any atom is 0.166 e. The van der Waals surface area contributed by atoms with E-state index in [9.17, 15) is 5.11 Å². The number of hydrogen-bond donors (Lipinski definition) is 1. The van der Waals surface area contributed by atoms with Crippen LogP contribution in [0.3, 0.4) is 0 Å². The van der Waals surface area contributed by atoms with Gasteiger partial charge < -0.3 is 24.1 Å². The molecule has 0 aliphatic carbocycles. The predicted octanol–water partition coefficient (Wildman–Crippen LogP) is 0.425. The number of aromatic nitrogens is 4. The van der Waals surface area contributed by atoms with Crippen LogP contribution in [0.5, 0.6) is 0 Å². The number of ether oxygens (including phenoxy) is 4. The smallest absolute Gasteiger partial charge is 0.166 e. The van der Waals surface area contributed by atoms with Gasteiger partial charge in [-0.3, -0.25) is 4.57 Å². The highest BCUT2D eigenvalue weighted by Crippen LogP contribution is 2.43. The second kappa shape index (κ2) is 6.26. The molecule has 2 aromatic rings. The molecule has 0 spiro atoms. The number of rotatable bonds is 5. The third-order valence-corrected chi connectivity index (χ3v) is 4.56. The molecule has 0 aromatic carbocycles. The summed E-state index contributed by atoms with van der Waals surface area (Å²) in [5, 5.41) is 9.63. The summed E-state index contributed by atoms with van der Waals surface area (Å²) in [4.78, 5) is 13.1. The monoisotopic (exact) mass is 350 g/mol. The molecule has 25 heavy (non-hydrogen) atoms. The maximum absolute atomic E-state index is 9.63. The van der Waals surface area contributed by atoms with E-state index >= 15 is 0 Å². The normalized spacial score (nSPS) is 30.9. The van der Waals surface area contributed by atoms with Gasteiger partial charge in [-0.25, -0.2) is 15.0 Å². The van der Waals surface area contributed by atoms with Gasteiger partial charge in [-0.15, -0.1) is 0 Å². The predicted molar refractivity (Wildman–Crippen MR) is 85.7 cm³/mol. The first-order valence-corrected chi connectivity index (χ1v) is 8.31. The number of imidazole rings is 1. The number of aliphatic hydroxyl groups is 1. The van der Waals surface area contributed by atoms with Gasteiger partial charge in [-0.05, 0) is 13.8 Å².